The number of carbonyl (C=O) groups excluding carboxylic acids is 1. The zero-order chi connectivity index (χ0) is 19.9. The number of aryl methyl sites for hydroxylation is 1. The Morgan fingerprint density at radius 2 is 2.18 bits per heavy atom. The number of anilines is 1. The number of carbonyl (C=O) groups is 1. The van der Waals surface area contributed by atoms with Crippen LogP contribution in [0.2, 0.25) is 0 Å². The van der Waals surface area contributed by atoms with Crippen LogP contribution in [0.4, 0.5) is 10.2 Å². The second kappa shape index (κ2) is 9.89. The Hall–Kier alpha value is -2.12. The van der Waals surface area contributed by atoms with Crippen molar-refractivity contribution in [1.29, 1.82) is 0 Å². The molecule has 1 aromatic heterocycles. The van der Waals surface area contributed by atoms with E-state index in [2.05, 4.69) is 10.2 Å². The minimum atomic E-state index is -0.308. The maximum absolute atomic E-state index is 13.4. The van der Waals surface area contributed by atoms with Crippen LogP contribution in [-0.4, -0.2) is 42.9 Å². The van der Waals surface area contributed by atoms with E-state index < -0.39 is 0 Å². The molecule has 1 N–H and O–H groups in total. The van der Waals surface area contributed by atoms with Gasteiger partial charge in [0, 0.05) is 26.2 Å². The van der Waals surface area contributed by atoms with Crippen molar-refractivity contribution in [2.75, 3.05) is 37.0 Å². The van der Waals surface area contributed by atoms with E-state index in [0.29, 0.717) is 12.2 Å². The van der Waals surface area contributed by atoms with Crippen molar-refractivity contribution in [2.45, 2.75) is 31.8 Å². The number of benzene rings is 1. The molecule has 0 radical (unpaired) electrons. The van der Waals surface area contributed by atoms with Crippen molar-refractivity contribution in [3.05, 3.63) is 52.8 Å². The SMILES string of the molecule is CCSc1nc(N2CCCOCC2)cc(C)c1C(=O)NCc1cccc(F)c1. The molecule has 7 heteroatoms. The molecule has 1 saturated heterocycles. The lowest BCUT2D eigenvalue weighted by atomic mass is 10.1. The average molecular weight is 404 g/mol. The molecule has 0 aliphatic carbocycles. The number of nitrogens with one attached hydrogen (secondary N) is 1. The van der Waals surface area contributed by atoms with Crippen LogP contribution in [-0.2, 0) is 11.3 Å². The number of hydrogen-bond donors (Lipinski definition) is 1. The van der Waals surface area contributed by atoms with Crippen LogP contribution in [0.25, 0.3) is 0 Å². The standard InChI is InChI=1S/C21H26FN3O2S/c1-3-28-21-19(20(26)23-14-16-6-4-7-17(22)13-16)15(2)12-18(24-21)25-8-5-10-27-11-9-25/h4,6-7,12-13H,3,5,8-11,14H2,1-2H3,(H,23,26). The van der Waals surface area contributed by atoms with E-state index in [1.54, 1.807) is 23.9 Å². The molecular weight excluding hydrogens is 377 g/mol. The minimum absolute atomic E-state index is 0.184. The monoisotopic (exact) mass is 403 g/mol. The number of hydrogen-bond acceptors (Lipinski definition) is 5. The third-order valence-electron chi connectivity index (χ3n) is 4.57. The lowest BCUT2D eigenvalue weighted by Gasteiger charge is -2.23. The summed E-state index contributed by atoms with van der Waals surface area (Å²) in [5.41, 5.74) is 2.21. The third-order valence-corrected chi connectivity index (χ3v) is 5.42. The molecule has 2 aromatic rings. The Kier molecular flexibility index (Phi) is 7.28. The summed E-state index contributed by atoms with van der Waals surface area (Å²) in [6.45, 7) is 7.41. The van der Waals surface area contributed by atoms with Crippen molar-refractivity contribution < 1.29 is 13.9 Å². The van der Waals surface area contributed by atoms with Gasteiger partial charge < -0.3 is 15.0 Å². The maximum Gasteiger partial charge on any atom is 0.254 e. The fraction of sp³-hybridized carbons (Fsp3) is 0.429. The van der Waals surface area contributed by atoms with Gasteiger partial charge in [-0.2, -0.15) is 0 Å². The molecular formula is C21H26FN3O2S. The first-order chi connectivity index (χ1) is 13.6. The molecule has 3 rings (SSSR count). The first-order valence-corrected chi connectivity index (χ1v) is 10.6. The van der Waals surface area contributed by atoms with Crippen LogP contribution in [0.5, 0.6) is 0 Å². The number of ether oxygens (including phenoxy) is 1. The smallest absolute Gasteiger partial charge is 0.254 e. The first kappa shape index (κ1) is 20.6. The summed E-state index contributed by atoms with van der Waals surface area (Å²) in [7, 11) is 0. The molecule has 0 atom stereocenters. The first-order valence-electron chi connectivity index (χ1n) is 9.58. The lowest BCUT2D eigenvalue weighted by molar-refractivity contribution is 0.0946. The summed E-state index contributed by atoms with van der Waals surface area (Å²) >= 11 is 1.56. The molecule has 2 heterocycles. The largest absolute Gasteiger partial charge is 0.380 e. The predicted octanol–water partition coefficient (Wildman–Crippen LogP) is 3.80. The molecule has 1 aromatic carbocycles. The van der Waals surface area contributed by atoms with Gasteiger partial charge in [-0.05, 0) is 48.4 Å². The predicted molar refractivity (Wildman–Crippen MR) is 111 cm³/mol. The van der Waals surface area contributed by atoms with Crippen molar-refractivity contribution >= 4 is 23.5 Å². The average Bonchev–Trinajstić information content (AvgIpc) is 2.96. The van der Waals surface area contributed by atoms with E-state index in [-0.39, 0.29) is 18.3 Å². The molecule has 0 unspecified atom stereocenters. The van der Waals surface area contributed by atoms with E-state index in [0.717, 1.165) is 53.8 Å². The van der Waals surface area contributed by atoms with E-state index in [9.17, 15) is 9.18 Å². The van der Waals surface area contributed by atoms with Crippen LogP contribution >= 0.6 is 11.8 Å². The molecule has 0 saturated carbocycles. The highest BCUT2D eigenvalue weighted by Gasteiger charge is 2.20. The van der Waals surface area contributed by atoms with Gasteiger partial charge in [-0.3, -0.25) is 4.79 Å². The van der Waals surface area contributed by atoms with E-state index in [1.165, 1.54) is 12.1 Å². The molecule has 1 aliphatic rings. The van der Waals surface area contributed by atoms with Crippen molar-refractivity contribution in [3.63, 3.8) is 0 Å². The zero-order valence-electron chi connectivity index (χ0n) is 16.3. The van der Waals surface area contributed by atoms with Gasteiger partial charge in [-0.25, -0.2) is 9.37 Å². The highest BCUT2D eigenvalue weighted by molar-refractivity contribution is 7.99. The van der Waals surface area contributed by atoms with Gasteiger partial charge in [0.15, 0.2) is 0 Å². The molecule has 0 bridgehead atoms. The van der Waals surface area contributed by atoms with Gasteiger partial charge in [0.25, 0.3) is 5.91 Å². The zero-order valence-corrected chi connectivity index (χ0v) is 17.2. The Balaban J connectivity index is 1.81. The summed E-state index contributed by atoms with van der Waals surface area (Å²) < 4.78 is 18.9. The van der Waals surface area contributed by atoms with Crippen LogP contribution < -0.4 is 10.2 Å². The van der Waals surface area contributed by atoms with E-state index in [1.807, 2.05) is 19.9 Å². The minimum Gasteiger partial charge on any atom is -0.380 e. The number of thioether (sulfide) groups is 1. The second-order valence-electron chi connectivity index (χ2n) is 6.68. The third kappa shape index (κ3) is 5.23. The number of amides is 1. The topological polar surface area (TPSA) is 54.5 Å². The maximum atomic E-state index is 13.4. The van der Waals surface area contributed by atoms with E-state index in [4.69, 9.17) is 9.72 Å². The van der Waals surface area contributed by atoms with Crippen LogP contribution in [0, 0.1) is 12.7 Å². The molecule has 28 heavy (non-hydrogen) atoms. The van der Waals surface area contributed by atoms with Gasteiger partial charge in [0.05, 0.1) is 12.2 Å². The molecule has 0 spiro atoms. The summed E-state index contributed by atoms with van der Waals surface area (Å²) in [5.74, 6) is 1.22. The fourth-order valence-corrected chi connectivity index (χ4v) is 4.03. The van der Waals surface area contributed by atoms with E-state index >= 15 is 0 Å². The Bertz CT molecular complexity index is 823. The van der Waals surface area contributed by atoms with Gasteiger partial charge >= 0.3 is 0 Å². The second-order valence-corrected chi connectivity index (χ2v) is 7.93. The number of halogens is 1. The lowest BCUT2D eigenvalue weighted by Crippen LogP contribution is -2.29. The van der Waals surface area contributed by atoms with Crippen LogP contribution in [0.3, 0.4) is 0 Å². The number of nitrogens with zero attached hydrogens (tertiary/aromatic N) is 2. The summed E-state index contributed by atoms with van der Waals surface area (Å²) in [6, 6.07) is 8.23. The van der Waals surface area contributed by atoms with Gasteiger partial charge in [-0.1, -0.05) is 19.1 Å². The summed E-state index contributed by atoms with van der Waals surface area (Å²) in [4.78, 5) is 19.9. The molecule has 1 amide bonds. The molecule has 150 valence electrons. The number of rotatable bonds is 6. The highest BCUT2D eigenvalue weighted by Crippen LogP contribution is 2.28. The summed E-state index contributed by atoms with van der Waals surface area (Å²) in [6.07, 6.45) is 0.965. The van der Waals surface area contributed by atoms with Gasteiger partial charge in [-0.15, -0.1) is 11.8 Å². The fourth-order valence-electron chi connectivity index (χ4n) is 3.20. The summed E-state index contributed by atoms with van der Waals surface area (Å²) in [5, 5.41) is 3.63. The highest BCUT2D eigenvalue weighted by atomic mass is 32.2. The molecule has 1 aliphatic heterocycles. The Morgan fingerprint density at radius 3 is 2.96 bits per heavy atom. The van der Waals surface area contributed by atoms with Crippen molar-refractivity contribution in [3.8, 4) is 0 Å². The van der Waals surface area contributed by atoms with Crippen LogP contribution in [0.1, 0.15) is 34.8 Å². The molecule has 5 nitrogen and oxygen atoms in total. The van der Waals surface area contributed by atoms with Crippen molar-refractivity contribution in [1.82, 2.24) is 10.3 Å². The number of pyridine rings is 1. The normalized spacial score (nSPS) is 14.6. The Labute approximate surface area is 169 Å². The van der Waals surface area contributed by atoms with Crippen LogP contribution in [0.15, 0.2) is 35.4 Å². The number of aromatic nitrogens is 1. The molecule has 1 fully saturated rings. The van der Waals surface area contributed by atoms with Gasteiger partial charge in [0.1, 0.15) is 16.7 Å². The quantitative estimate of drug-likeness (QED) is 0.744. The van der Waals surface area contributed by atoms with Crippen molar-refractivity contribution in [2.24, 2.45) is 0 Å². The van der Waals surface area contributed by atoms with Gasteiger partial charge in [0.2, 0.25) is 0 Å². The Morgan fingerprint density at radius 1 is 1.32 bits per heavy atom.